The van der Waals surface area contributed by atoms with Crippen molar-refractivity contribution in [2.24, 2.45) is 0 Å². The number of nitrogens with one attached hydrogen (secondary N) is 1. The lowest BCUT2D eigenvalue weighted by atomic mass is 9.93. The lowest BCUT2D eigenvalue weighted by molar-refractivity contribution is -0.122. The largest absolute Gasteiger partial charge is 0.356 e. The molecule has 2 aromatic rings. The molecule has 3 heteroatoms. The van der Waals surface area contributed by atoms with Gasteiger partial charge in [-0.25, -0.2) is 0 Å². The zero-order valence-corrected chi connectivity index (χ0v) is 15.5. The lowest BCUT2D eigenvalue weighted by Crippen LogP contribution is -2.30. The number of nitrogens with zero attached hydrogens (tertiary/aromatic N) is 1. The molecule has 0 saturated heterocycles. The zero-order chi connectivity index (χ0) is 18.2. The molecule has 0 aliphatic carbocycles. The highest BCUT2D eigenvalue weighted by molar-refractivity contribution is 5.84. The molecule has 0 fully saturated rings. The average Bonchev–Trinajstić information content (AvgIpc) is 2.64. The number of benzene rings is 2. The van der Waals surface area contributed by atoms with E-state index in [2.05, 4.69) is 41.1 Å². The third kappa shape index (κ3) is 5.30. The van der Waals surface area contributed by atoms with Crippen molar-refractivity contribution in [3.63, 3.8) is 0 Å². The van der Waals surface area contributed by atoms with Gasteiger partial charge in [0.05, 0.1) is 5.92 Å². The van der Waals surface area contributed by atoms with Crippen molar-refractivity contribution in [1.29, 1.82) is 0 Å². The topological polar surface area (TPSA) is 32.3 Å². The molecule has 0 bridgehead atoms. The van der Waals surface area contributed by atoms with Gasteiger partial charge in [0.25, 0.3) is 0 Å². The van der Waals surface area contributed by atoms with E-state index in [1.165, 1.54) is 0 Å². The van der Waals surface area contributed by atoms with E-state index in [9.17, 15) is 4.79 Å². The molecule has 1 unspecified atom stereocenters. The van der Waals surface area contributed by atoms with E-state index in [1.807, 2.05) is 51.4 Å². The summed E-state index contributed by atoms with van der Waals surface area (Å²) in [6.07, 6.45) is 2.82. The summed E-state index contributed by atoms with van der Waals surface area (Å²) >= 11 is 0. The second-order valence-electron chi connectivity index (χ2n) is 6.59. The van der Waals surface area contributed by atoms with E-state index < -0.39 is 0 Å². The molecule has 0 aromatic heterocycles. The number of hydrogen-bond acceptors (Lipinski definition) is 2. The highest BCUT2D eigenvalue weighted by Crippen LogP contribution is 2.27. The summed E-state index contributed by atoms with van der Waals surface area (Å²) < 4.78 is 0. The highest BCUT2D eigenvalue weighted by atomic mass is 16.1. The summed E-state index contributed by atoms with van der Waals surface area (Å²) in [5.74, 6) is -0.0943. The number of carbonyl (C=O) groups is 1. The predicted octanol–water partition coefficient (Wildman–Crippen LogP) is 4.17. The molecule has 0 heterocycles. The first-order valence-electron chi connectivity index (χ1n) is 8.77. The minimum absolute atomic E-state index is 0.0768. The van der Waals surface area contributed by atoms with E-state index in [-0.39, 0.29) is 11.8 Å². The Bertz CT molecular complexity index is 721. The fourth-order valence-corrected chi connectivity index (χ4v) is 2.82. The minimum Gasteiger partial charge on any atom is -0.356 e. The van der Waals surface area contributed by atoms with Gasteiger partial charge in [0, 0.05) is 6.54 Å². The Kier molecular flexibility index (Phi) is 6.96. The monoisotopic (exact) mass is 336 g/mol. The summed E-state index contributed by atoms with van der Waals surface area (Å²) in [6, 6.07) is 16.4. The Morgan fingerprint density at radius 3 is 2.68 bits per heavy atom. The van der Waals surface area contributed by atoms with Crippen LogP contribution in [0.15, 0.2) is 55.1 Å². The van der Waals surface area contributed by atoms with Crippen molar-refractivity contribution < 1.29 is 4.79 Å². The summed E-state index contributed by atoms with van der Waals surface area (Å²) in [4.78, 5) is 14.5. The first-order valence-corrected chi connectivity index (χ1v) is 8.77. The minimum atomic E-state index is -0.171. The van der Waals surface area contributed by atoms with E-state index >= 15 is 0 Å². The Labute approximate surface area is 151 Å². The third-order valence-corrected chi connectivity index (χ3v) is 4.35. The molecule has 0 saturated carbocycles. The molecule has 0 aliphatic rings. The van der Waals surface area contributed by atoms with E-state index in [4.69, 9.17) is 0 Å². The van der Waals surface area contributed by atoms with Gasteiger partial charge in [0.15, 0.2) is 0 Å². The van der Waals surface area contributed by atoms with Crippen LogP contribution in [0.2, 0.25) is 0 Å². The fraction of sp³-hybridized carbons (Fsp3) is 0.318. The molecule has 2 aromatic carbocycles. The first kappa shape index (κ1) is 18.9. The van der Waals surface area contributed by atoms with Crippen LogP contribution in [0, 0.1) is 0 Å². The normalized spacial score (nSPS) is 12.0. The highest BCUT2D eigenvalue weighted by Gasteiger charge is 2.15. The van der Waals surface area contributed by atoms with Crippen LogP contribution in [-0.2, 0) is 4.79 Å². The Hall–Kier alpha value is -2.39. The molecule has 0 aliphatic heterocycles. The average molecular weight is 336 g/mol. The second-order valence-corrected chi connectivity index (χ2v) is 6.59. The van der Waals surface area contributed by atoms with Gasteiger partial charge in [0.1, 0.15) is 0 Å². The molecule has 2 rings (SSSR count). The van der Waals surface area contributed by atoms with Crippen LogP contribution in [0.5, 0.6) is 0 Å². The SMILES string of the molecule is C=Cc1ccccc1-c1cccc(C(C)C(=O)NCCCN(C)C)c1. The summed E-state index contributed by atoms with van der Waals surface area (Å²) in [5, 5.41) is 3.04. The number of carbonyl (C=O) groups excluding carboxylic acids is 1. The third-order valence-electron chi connectivity index (χ3n) is 4.35. The van der Waals surface area contributed by atoms with Gasteiger partial charge in [-0.1, -0.05) is 61.2 Å². The van der Waals surface area contributed by atoms with Crippen molar-refractivity contribution in [2.75, 3.05) is 27.2 Å². The molecule has 1 atom stereocenters. The van der Waals surface area contributed by atoms with Crippen molar-refractivity contribution in [2.45, 2.75) is 19.3 Å². The van der Waals surface area contributed by atoms with Crippen LogP contribution in [0.1, 0.15) is 30.4 Å². The van der Waals surface area contributed by atoms with Crippen molar-refractivity contribution in [3.8, 4) is 11.1 Å². The smallest absolute Gasteiger partial charge is 0.227 e. The zero-order valence-electron chi connectivity index (χ0n) is 15.5. The number of amides is 1. The maximum Gasteiger partial charge on any atom is 0.227 e. The molecular weight excluding hydrogens is 308 g/mol. The maximum atomic E-state index is 12.4. The quantitative estimate of drug-likeness (QED) is 0.734. The number of rotatable bonds is 8. The van der Waals surface area contributed by atoms with Gasteiger partial charge in [-0.3, -0.25) is 4.79 Å². The van der Waals surface area contributed by atoms with E-state index in [0.29, 0.717) is 6.54 Å². The molecule has 1 amide bonds. The van der Waals surface area contributed by atoms with Gasteiger partial charge in [-0.05, 0) is 56.2 Å². The summed E-state index contributed by atoms with van der Waals surface area (Å²) in [7, 11) is 4.08. The van der Waals surface area contributed by atoms with Crippen LogP contribution in [-0.4, -0.2) is 38.0 Å². The standard InChI is InChI=1S/C22H28N2O/c1-5-18-10-6-7-13-21(18)20-12-8-11-19(16-20)17(2)22(25)23-14-9-15-24(3)4/h5-8,10-13,16-17H,1,9,14-15H2,2-4H3,(H,23,25). The Balaban J connectivity index is 2.09. The predicted molar refractivity (Wildman–Crippen MR) is 107 cm³/mol. The van der Waals surface area contributed by atoms with Gasteiger partial charge in [0.2, 0.25) is 5.91 Å². The van der Waals surface area contributed by atoms with Gasteiger partial charge >= 0.3 is 0 Å². The first-order chi connectivity index (χ1) is 12.0. The van der Waals surface area contributed by atoms with E-state index in [1.54, 1.807) is 0 Å². The van der Waals surface area contributed by atoms with Gasteiger partial charge < -0.3 is 10.2 Å². The van der Waals surface area contributed by atoms with Gasteiger partial charge in [-0.15, -0.1) is 0 Å². The van der Waals surface area contributed by atoms with Crippen LogP contribution in [0.25, 0.3) is 17.2 Å². The number of hydrogen-bond donors (Lipinski definition) is 1. The summed E-state index contributed by atoms with van der Waals surface area (Å²) in [6.45, 7) is 7.53. The van der Waals surface area contributed by atoms with Gasteiger partial charge in [-0.2, -0.15) is 0 Å². The maximum absolute atomic E-state index is 12.4. The molecule has 25 heavy (non-hydrogen) atoms. The molecule has 0 radical (unpaired) electrons. The summed E-state index contributed by atoms with van der Waals surface area (Å²) in [5.41, 5.74) is 4.38. The fourth-order valence-electron chi connectivity index (χ4n) is 2.82. The molecule has 0 spiro atoms. The van der Waals surface area contributed by atoms with Crippen LogP contribution in [0.4, 0.5) is 0 Å². The second kappa shape index (κ2) is 9.19. The van der Waals surface area contributed by atoms with E-state index in [0.717, 1.165) is 35.2 Å². The Morgan fingerprint density at radius 2 is 1.96 bits per heavy atom. The van der Waals surface area contributed by atoms with Crippen LogP contribution >= 0.6 is 0 Å². The molecule has 3 nitrogen and oxygen atoms in total. The van der Waals surface area contributed by atoms with Crippen LogP contribution < -0.4 is 5.32 Å². The lowest BCUT2D eigenvalue weighted by Gasteiger charge is -2.15. The molecular formula is C22H28N2O. The van der Waals surface area contributed by atoms with Crippen LogP contribution in [0.3, 0.4) is 0 Å². The van der Waals surface area contributed by atoms with Crippen molar-refractivity contribution >= 4 is 12.0 Å². The molecule has 132 valence electrons. The van der Waals surface area contributed by atoms with Crippen molar-refractivity contribution in [3.05, 3.63) is 66.2 Å². The Morgan fingerprint density at radius 1 is 1.20 bits per heavy atom. The van der Waals surface area contributed by atoms with Crippen molar-refractivity contribution in [1.82, 2.24) is 10.2 Å². The molecule has 1 N–H and O–H groups in total.